The Morgan fingerprint density at radius 2 is 1.77 bits per heavy atom. The van der Waals surface area contributed by atoms with Crippen molar-refractivity contribution >= 4 is 33.6 Å². The molecule has 0 aromatic heterocycles. The van der Waals surface area contributed by atoms with E-state index in [2.05, 4.69) is 14.4 Å². The molecule has 0 saturated heterocycles. The summed E-state index contributed by atoms with van der Waals surface area (Å²) in [6.07, 6.45) is 0. The molecule has 31 heavy (non-hydrogen) atoms. The Hall–Kier alpha value is -3.31. The quantitative estimate of drug-likeness (QED) is 0.398. The fourth-order valence-corrected chi connectivity index (χ4v) is 3.52. The van der Waals surface area contributed by atoms with Crippen molar-refractivity contribution in [3.05, 3.63) is 53.6 Å². The van der Waals surface area contributed by atoms with Gasteiger partial charge in [-0.2, -0.15) is 8.42 Å². The minimum absolute atomic E-state index is 0.0101. The third kappa shape index (κ3) is 6.86. The molecule has 10 nitrogen and oxygen atoms in total. The molecule has 0 spiro atoms. The number of benzene rings is 2. The maximum Gasteiger partial charge on any atom is 0.410 e. The summed E-state index contributed by atoms with van der Waals surface area (Å²) in [6.45, 7) is 6.68. The number of phenolic OH excluding ortho intramolecular Hbond substituents is 1. The average molecular weight is 451 g/mol. The lowest BCUT2D eigenvalue weighted by atomic mass is 10.1. The molecule has 0 aliphatic heterocycles. The van der Waals surface area contributed by atoms with Crippen LogP contribution in [0.25, 0.3) is 0 Å². The minimum Gasteiger partial charge on any atom is -0.507 e. The van der Waals surface area contributed by atoms with E-state index in [4.69, 9.17) is 5.73 Å². The van der Waals surface area contributed by atoms with Gasteiger partial charge in [0.1, 0.15) is 11.3 Å². The summed E-state index contributed by atoms with van der Waals surface area (Å²) < 4.78 is 31.2. The van der Waals surface area contributed by atoms with Gasteiger partial charge in [-0.1, -0.05) is 26.0 Å². The molecule has 2 aromatic carbocycles. The second kappa shape index (κ2) is 10.6. The maximum absolute atomic E-state index is 12.6. The highest BCUT2D eigenvalue weighted by Gasteiger charge is 2.23. The molecule has 0 aliphatic carbocycles. The Morgan fingerprint density at radius 3 is 2.42 bits per heavy atom. The van der Waals surface area contributed by atoms with Gasteiger partial charge in [-0.15, -0.1) is 0 Å². The first-order chi connectivity index (χ1) is 14.7. The second-order valence-corrected chi connectivity index (χ2v) is 7.81. The van der Waals surface area contributed by atoms with Gasteiger partial charge in [-0.25, -0.2) is 4.79 Å². The Bertz CT molecular complexity index is 1040. The van der Waals surface area contributed by atoms with Crippen LogP contribution in [0, 0.1) is 0 Å². The van der Waals surface area contributed by atoms with Gasteiger partial charge in [-0.05, 0) is 43.4 Å². The van der Waals surface area contributed by atoms with E-state index >= 15 is 0 Å². The zero-order chi connectivity index (χ0) is 23.0. The number of aromatic hydroxyl groups is 1. The number of carbonyl (C=O) groups is 2. The summed E-state index contributed by atoms with van der Waals surface area (Å²) in [5.74, 6) is -2.23. The Labute approximate surface area is 181 Å². The highest BCUT2D eigenvalue weighted by molar-refractivity contribution is 7.88. The van der Waals surface area contributed by atoms with Crippen molar-refractivity contribution in [2.24, 2.45) is 0 Å². The van der Waals surface area contributed by atoms with Crippen molar-refractivity contribution in [2.75, 3.05) is 36.6 Å². The number of nitrogens with one attached hydrogen (secondary N) is 2. The van der Waals surface area contributed by atoms with Gasteiger partial charge >= 0.3 is 16.3 Å². The standard InChI is InChI=1S/C20H26N4O6S/c1-3-24(4-2)12-11-22-19(26)15-10-9-14(21)13-17(15)23-31(28,29)30-20(27)16-7-5-6-8-18(16)25/h5-10,13,23,25H,3-4,11-12,21H2,1-2H3,(H,22,26). The third-order valence-electron chi connectivity index (χ3n) is 4.44. The van der Waals surface area contributed by atoms with Crippen molar-refractivity contribution < 1.29 is 27.3 Å². The normalized spacial score (nSPS) is 11.2. The highest BCUT2D eigenvalue weighted by Crippen LogP contribution is 2.22. The molecule has 11 heteroatoms. The molecule has 0 atom stereocenters. The second-order valence-electron chi connectivity index (χ2n) is 6.53. The van der Waals surface area contributed by atoms with Gasteiger partial charge in [-0.3, -0.25) is 9.52 Å². The monoisotopic (exact) mass is 450 g/mol. The molecule has 168 valence electrons. The number of likely N-dealkylation sites (N-methyl/N-ethyl adjacent to an activating group) is 1. The number of hydrogen-bond donors (Lipinski definition) is 4. The van der Waals surface area contributed by atoms with Crippen molar-refractivity contribution in [1.82, 2.24) is 10.2 Å². The van der Waals surface area contributed by atoms with Crippen LogP contribution < -0.4 is 15.8 Å². The summed E-state index contributed by atoms with van der Waals surface area (Å²) in [4.78, 5) is 26.8. The molecule has 0 bridgehead atoms. The molecule has 0 aliphatic rings. The number of hydrogen-bond acceptors (Lipinski definition) is 8. The lowest BCUT2D eigenvalue weighted by Gasteiger charge is -2.18. The SMILES string of the molecule is CCN(CC)CCNC(=O)c1ccc(N)cc1NS(=O)(=O)OC(=O)c1ccccc1O. The van der Waals surface area contributed by atoms with Crippen LogP contribution in [-0.4, -0.2) is 56.5 Å². The molecule has 1 amide bonds. The number of phenols is 1. The van der Waals surface area contributed by atoms with Gasteiger partial charge in [0.25, 0.3) is 5.91 Å². The number of carbonyl (C=O) groups excluding carboxylic acids is 2. The van der Waals surface area contributed by atoms with Crippen LogP contribution in [0.2, 0.25) is 0 Å². The number of nitrogens with two attached hydrogens (primary N) is 1. The van der Waals surface area contributed by atoms with E-state index in [-0.39, 0.29) is 22.5 Å². The van der Waals surface area contributed by atoms with Gasteiger partial charge in [0.05, 0.1) is 11.3 Å². The van der Waals surface area contributed by atoms with Crippen molar-refractivity contribution in [2.45, 2.75) is 13.8 Å². The fourth-order valence-electron chi connectivity index (χ4n) is 2.75. The first kappa shape index (κ1) is 24.0. The van der Waals surface area contributed by atoms with Gasteiger partial charge in [0, 0.05) is 18.8 Å². The van der Waals surface area contributed by atoms with Crippen LogP contribution in [-0.2, 0) is 14.5 Å². The van der Waals surface area contributed by atoms with Crippen molar-refractivity contribution in [3.8, 4) is 5.75 Å². The van der Waals surface area contributed by atoms with Gasteiger partial charge in [0.15, 0.2) is 0 Å². The van der Waals surface area contributed by atoms with Crippen LogP contribution >= 0.6 is 0 Å². The number of nitrogen functional groups attached to an aromatic ring is 1. The van der Waals surface area contributed by atoms with E-state index in [1.165, 1.54) is 42.5 Å². The number of nitrogens with zero attached hydrogens (tertiary/aromatic N) is 1. The minimum atomic E-state index is -4.67. The van der Waals surface area contributed by atoms with E-state index in [0.717, 1.165) is 13.1 Å². The molecule has 0 radical (unpaired) electrons. The third-order valence-corrected chi connectivity index (χ3v) is 5.28. The molecule has 2 rings (SSSR count). The molecule has 5 N–H and O–H groups in total. The maximum atomic E-state index is 12.6. The number of rotatable bonds is 10. The van der Waals surface area contributed by atoms with E-state index < -0.39 is 27.9 Å². The number of para-hydroxylation sites is 1. The molecule has 0 saturated carbocycles. The van der Waals surface area contributed by atoms with E-state index in [0.29, 0.717) is 13.1 Å². The van der Waals surface area contributed by atoms with E-state index in [9.17, 15) is 23.1 Å². The largest absolute Gasteiger partial charge is 0.507 e. The predicted molar refractivity (Wildman–Crippen MR) is 117 cm³/mol. The van der Waals surface area contributed by atoms with Gasteiger partial charge < -0.3 is 25.2 Å². The molecule has 0 heterocycles. The van der Waals surface area contributed by atoms with Crippen LogP contribution in [0.3, 0.4) is 0 Å². The summed E-state index contributed by atoms with van der Waals surface area (Å²) in [5, 5.41) is 12.4. The molecule has 0 unspecified atom stereocenters. The van der Waals surface area contributed by atoms with E-state index in [1.54, 1.807) is 0 Å². The Kier molecular flexibility index (Phi) is 8.22. The molecule has 0 fully saturated rings. The summed E-state index contributed by atoms with van der Waals surface area (Å²) >= 11 is 0. The topological polar surface area (TPSA) is 151 Å². The Balaban J connectivity index is 2.14. The zero-order valence-corrected chi connectivity index (χ0v) is 18.1. The number of amides is 1. The van der Waals surface area contributed by atoms with Crippen LogP contribution in [0.15, 0.2) is 42.5 Å². The highest BCUT2D eigenvalue weighted by atomic mass is 32.2. The first-order valence-corrected chi connectivity index (χ1v) is 11.0. The van der Waals surface area contributed by atoms with Gasteiger partial charge in [0.2, 0.25) is 0 Å². The summed E-state index contributed by atoms with van der Waals surface area (Å²) in [7, 11) is -4.67. The van der Waals surface area contributed by atoms with Crippen LogP contribution in [0.5, 0.6) is 5.75 Å². The average Bonchev–Trinajstić information content (AvgIpc) is 2.70. The predicted octanol–water partition coefficient (Wildman–Crippen LogP) is 1.56. The lowest BCUT2D eigenvalue weighted by molar-refractivity contribution is 0.0745. The lowest BCUT2D eigenvalue weighted by Crippen LogP contribution is -2.35. The van der Waals surface area contributed by atoms with Crippen molar-refractivity contribution in [1.29, 1.82) is 0 Å². The molecular formula is C20H26N4O6S. The van der Waals surface area contributed by atoms with E-state index in [1.807, 2.05) is 18.6 Å². The van der Waals surface area contributed by atoms with Crippen LogP contribution in [0.4, 0.5) is 11.4 Å². The van der Waals surface area contributed by atoms with Crippen molar-refractivity contribution in [3.63, 3.8) is 0 Å². The smallest absolute Gasteiger partial charge is 0.410 e. The molecule has 2 aromatic rings. The summed E-state index contributed by atoms with van der Waals surface area (Å²) in [5.41, 5.74) is 5.46. The zero-order valence-electron chi connectivity index (χ0n) is 17.3. The molecular weight excluding hydrogens is 424 g/mol. The first-order valence-electron chi connectivity index (χ1n) is 9.61. The van der Waals surface area contributed by atoms with Crippen LogP contribution in [0.1, 0.15) is 34.6 Å². The number of anilines is 2. The summed E-state index contributed by atoms with van der Waals surface area (Å²) in [6, 6.07) is 9.39. The fraction of sp³-hybridized carbons (Fsp3) is 0.300. The Morgan fingerprint density at radius 1 is 1.10 bits per heavy atom.